The van der Waals surface area contributed by atoms with Gasteiger partial charge in [0, 0.05) is 13.1 Å². The number of carboxylic acid groups (broad SMARTS) is 1. The van der Waals surface area contributed by atoms with Crippen molar-refractivity contribution in [3.8, 4) is 0 Å². The highest BCUT2D eigenvalue weighted by atomic mass is 16.4. The van der Waals surface area contributed by atoms with E-state index in [1.54, 1.807) is 0 Å². The van der Waals surface area contributed by atoms with E-state index in [1.807, 2.05) is 0 Å². The van der Waals surface area contributed by atoms with Gasteiger partial charge in [-0.15, -0.1) is 0 Å². The van der Waals surface area contributed by atoms with Gasteiger partial charge < -0.3 is 10.4 Å². The Morgan fingerprint density at radius 1 is 1.22 bits per heavy atom. The highest BCUT2D eigenvalue weighted by Crippen LogP contribution is 2.39. The van der Waals surface area contributed by atoms with Crippen molar-refractivity contribution in [1.82, 2.24) is 10.2 Å². The summed E-state index contributed by atoms with van der Waals surface area (Å²) < 4.78 is 0. The number of carboxylic acids is 1. The third kappa shape index (κ3) is 4.29. The Labute approximate surface area is 109 Å². The number of hydrogen-bond donors (Lipinski definition) is 2. The molecule has 1 amide bonds. The number of rotatable bonds is 8. The van der Waals surface area contributed by atoms with E-state index in [0.29, 0.717) is 12.0 Å². The van der Waals surface area contributed by atoms with Gasteiger partial charge in [-0.2, -0.15) is 0 Å². The fourth-order valence-corrected chi connectivity index (χ4v) is 2.95. The van der Waals surface area contributed by atoms with Gasteiger partial charge in [-0.05, 0) is 18.3 Å². The summed E-state index contributed by atoms with van der Waals surface area (Å²) in [6.45, 7) is 6.35. The Morgan fingerprint density at radius 2 is 1.78 bits per heavy atom. The number of carbonyl (C=O) groups is 2. The van der Waals surface area contributed by atoms with Crippen LogP contribution in [0.25, 0.3) is 0 Å². The van der Waals surface area contributed by atoms with E-state index in [2.05, 4.69) is 24.1 Å². The normalized spacial score (nSPS) is 18.1. The summed E-state index contributed by atoms with van der Waals surface area (Å²) in [5, 5.41) is 10.9. The Kier molecular flexibility index (Phi) is 5.59. The monoisotopic (exact) mass is 256 g/mol. The largest absolute Gasteiger partial charge is 0.480 e. The van der Waals surface area contributed by atoms with Crippen LogP contribution < -0.4 is 5.32 Å². The lowest BCUT2D eigenvalue weighted by Crippen LogP contribution is -2.58. The van der Waals surface area contributed by atoms with E-state index >= 15 is 0 Å². The first-order valence-electron chi connectivity index (χ1n) is 6.72. The summed E-state index contributed by atoms with van der Waals surface area (Å²) >= 11 is 0. The van der Waals surface area contributed by atoms with Crippen LogP contribution in [0.2, 0.25) is 0 Å². The maximum absolute atomic E-state index is 11.5. The van der Waals surface area contributed by atoms with Crippen molar-refractivity contribution in [2.75, 3.05) is 26.2 Å². The maximum atomic E-state index is 11.5. The fraction of sp³-hybridized carbons (Fsp3) is 0.846. The quantitative estimate of drug-likeness (QED) is 0.682. The van der Waals surface area contributed by atoms with Crippen molar-refractivity contribution in [1.29, 1.82) is 0 Å². The van der Waals surface area contributed by atoms with E-state index < -0.39 is 5.97 Å². The summed E-state index contributed by atoms with van der Waals surface area (Å²) in [5.74, 6) is -1.20. The molecule has 1 fully saturated rings. The number of amides is 1. The summed E-state index contributed by atoms with van der Waals surface area (Å²) in [6.07, 6.45) is 4.79. The highest BCUT2D eigenvalue weighted by molar-refractivity contribution is 5.82. The lowest BCUT2D eigenvalue weighted by atomic mass is 9.72. The lowest BCUT2D eigenvalue weighted by molar-refractivity contribution is -0.138. The standard InChI is InChI=1S/C13H24N2O3/c1-3-5-13(6-4-2)9-15(10-13)8-11(16)14-7-12(17)18/h3-10H2,1-2H3,(H,14,16)(H,17,18). The number of nitrogens with one attached hydrogen (secondary N) is 1. The van der Waals surface area contributed by atoms with Crippen molar-refractivity contribution >= 4 is 11.9 Å². The second-order valence-corrected chi connectivity index (χ2v) is 5.32. The fourth-order valence-electron chi connectivity index (χ4n) is 2.95. The van der Waals surface area contributed by atoms with Crippen LogP contribution in [0.4, 0.5) is 0 Å². The minimum absolute atomic E-state index is 0.195. The smallest absolute Gasteiger partial charge is 0.322 e. The summed E-state index contributed by atoms with van der Waals surface area (Å²) in [5.41, 5.74) is 0.399. The van der Waals surface area contributed by atoms with E-state index in [0.717, 1.165) is 13.1 Å². The van der Waals surface area contributed by atoms with E-state index in [1.165, 1.54) is 25.7 Å². The Hall–Kier alpha value is -1.10. The lowest BCUT2D eigenvalue weighted by Gasteiger charge is -2.50. The van der Waals surface area contributed by atoms with Crippen molar-refractivity contribution in [3.63, 3.8) is 0 Å². The van der Waals surface area contributed by atoms with Gasteiger partial charge >= 0.3 is 5.97 Å². The first-order valence-corrected chi connectivity index (χ1v) is 6.72. The van der Waals surface area contributed by atoms with Crippen LogP contribution in [0.1, 0.15) is 39.5 Å². The van der Waals surface area contributed by atoms with E-state index in [4.69, 9.17) is 5.11 Å². The van der Waals surface area contributed by atoms with Crippen LogP contribution in [0.5, 0.6) is 0 Å². The van der Waals surface area contributed by atoms with Crippen molar-refractivity contribution in [2.45, 2.75) is 39.5 Å². The molecule has 0 aromatic rings. The van der Waals surface area contributed by atoms with Gasteiger partial charge in [0.1, 0.15) is 6.54 Å². The molecule has 0 aliphatic carbocycles. The van der Waals surface area contributed by atoms with Gasteiger partial charge in [0.15, 0.2) is 0 Å². The molecule has 0 aromatic carbocycles. The molecule has 0 radical (unpaired) electrons. The number of carbonyl (C=O) groups excluding carboxylic acids is 1. The molecular weight excluding hydrogens is 232 g/mol. The first kappa shape index (κ1) is 15.0. The predicted molar refractivity (Wildman–Crippen MR) is 69.3 cm³/mol. The molecule has 18 heavy (non-hydrogen) atoms. The first-order chi connectivity index (χ1) is 8.51. The summed E-state index contributed by atoms with van der Waals surface area (Å²) in [7, 11) is 0. The van der Waals surface area contributed by atoms with Gasteiger partial charge in [-0.25, -0.2) is 0 Å². The molecule has 0 atom stereocenters. The SMILES string of the molecule is CCCC1(CCC)CN(CC(=O)NCC(=O)O)C1. The third-order valence-corrected chi connectivity index (χ3v) is 3.48. The van der Waals surface area contributed by atoms with Crippen LogP contribution >= 0.6 is 0 Å². The number of likely N-dealkylation sites (tertiary alicyclic amines) is 1. The molecule has 1 aliphatic rings. The van der Waals surface area contributed by atoms with E-state index in [9.17, 15) is 9.59 Å². The Bertz CT molecular complexity index is 291. The van der Waals surface area contributed by atoms with Crippen molar-refractivity contribution in [2.24, 2.45) is 5.41 Å². The minimum Gasteiger partial charge on any atom is -0.480 e. The topological polar surface area (TPSA) is 69.6 Å². The summed E-state index contributed by atoms with van der Waals surface area (Å²) in [4.78, 5) is 23.9. The average Bonchev–Trinajstić information content (AvgIpc) is 2.24. The molecule has 0 spiro atoms. The van der Waals surface area contributed by atoms with Crippen molar-refractivity contribution < 1.29 is 14.7 Å². The van der Waals surface area contributed by atoms with Crippen molar-refractivity contribution in [3.05, 3.63) is 0 Å². The zero-order chi connectivity index (χ0) is 13.6. The van der Waals surface area contributed by atoms with Crippen LogP contribution in [0, 0.1) is 5.41 Å². The molecule has 5 heteroatoms. The van der Waals surface area contributed by atoms with Gasteiger partial charge in [-0.1, -0.05) is 26.7 Å². The van der Waals surface area contributed by atoms with E-state index in [-0.39, 0.29) is 12.5 Å². The average molecular weight is 256 g/mol. The third-order valence-electron chi connectivity index (χ3n) is 3.48. The zero-order valence-corrected chi connectivity index (χ0v) is 11.4. The Morgan fingerprint density at radius 3 is 2.22 bits per heavy atom. The zero-order valence-electron chi connectivity index (χ0n) is 11.4. The predicted octanol–water partition coefficient (Wildman–Crippen LogP) is 1.09. The molecule has 104 valence electrons. The molecule has 1 saturated heterocycles. The molecular formula is C13H24N2O3. The molecule has 1 heterocycles. The molecule has 0 saturated carbocycles. The number of nitrogens with zero attached hydrogens (tertiary/aromatic N) is 1. The Balaban J connectivity index is 2.27. The van der Waals surface area contributed by atoms with Gasteiger partial charge in [0.2, 0.25) is 5.91 Å². The molecule has 0 aromatic heterocycles. The van der Waals surface area contributed by atoms with Gasteiger partial charge in [-0.3, -0.25) is 14.5 Å². The van der Waals surface area contributed by atoms with Gasteiger partial charge in [0.05, 0.1) is 6.54 Å². The summed E-state index contributed by atoms with van der Waals surface area (Å²) in [6, 6.07) is 0. The maximum Gasteiger partial charge on any atom is 0.322 e. The number of aliphatic carboxylic acids is 1. The molecule has 2 N–H and O–H groups in total. The van der Waals surface area contributed by atoms with Crippen LogP contribution in [-0.2, 0) is 9.59 Å². The van der Waals surface area contributed by atoms with Crippen LogP contribution in [0.3, 0.4) is 0 Å². The van der Waals surface area contributed by atoms with Crippen LogP contribution in [-0.4, -0.2) is 48.1 Å². The molecule has 0 unspecified atom stereocenters. The number of hydrogen-bond acceptors (Lipinski definition) is 3. The molecule has 1 rings (SSSR count). The molecule has 0 bridgehead atoms. The molecule has 1 aliphatic heterocycles. The second-order valence-electron chi connectivity index (χ2n) is 5.32. The van der Waals surface area contributed by atoms with Gasteiger partial charge in [0.25, 0.3) is 0 Å². The second kappa shape index (κ2) is 6.73. The van der Waals surface area contributed by atoms with Crippen LogP contribution in [0.15, 0.2) is 0 Å². The highest BCUT2D eigenvalue weighted by Gasteiger charge is 2.41. The minimum atomic E-state index is -1.00. The molecule has 5 nitrogen and oxygen atoms in total.